The first-order valence-corrected chi connectivity index (χ1v) is 15.9. The number of hydrogen-bond donors (Lipinski definition) is 2. The van der Waals surface area contributed by atoms with Gasteiger partial charge >= 0.3 is 6.01 Å². The van der Waals surface area contributed by atoms with Crippen LogP contribution in [0.5, 0.6) is 11.8 Å². The molecule has 2 N–H and O–H groups in total. The second-order valence-electron chi connectivity index (χ2n) is 12.5. The van der Waals surface area contributed by atoms with Gasteiger partial charge < -0.3 is 24.8 Å². The number of aromatic hydroxyl groups is 1. The van der Waals surface area contributed by atoms with Crippen LogP contribution in [0.25, 0.3) is 32.8 Å². The molecule has 1 aromatic heterocycles. The third kappa shape index (κ3) is 5.01. The maximum absolute atomic E-state index is 16.7. The lowest BCUT2D eigenvalue weighted by molar-refractivity contribution is -0.0161. The molecule has 5 heterocycles. The van der Waals surface area contributed by atoms with Crippen molar-refractivity contribution >= 4 is 39.1 Å². The molecule has 0 radical (unpaired) electrons. The van der Waals surface area contributed by atoms with Crippen LogP contribution >= 0.6 is 11.6 Å². The van der Waals surface area contributed by atoms with Crippen molar-refractivity contribution in [2.24, 2.45) is 0 Å². The van der Waals surface area contributed by atoms with E-state index in [2.05, 4.69) is 20.1 Å². The van der Waals surface area contributed by atoms with Crippen molar-refractivity contribution in [3.8, 4) is 22.9 Å². The molecule has 4 aromatic rings. The molecule has 0 aliphatic carbocycles. The molecule has 4 fully saturated rings. The summed E-state index contributed by atoms with van der Waals surface area (Å²) in [6.45, 7) is 4.33. The number of fused-ring (bicyclic) bond motifs is 6. The molecule has 4 atom stereocenters. The summed E-state index contributed by atoms with van der Waals surface area (Å²) in [5, 5.41) is 15.7. The Hall–Kier alpha value is -3.31. The Kier molecular flexibility index (Phi) is 7.20. The van der Waals surface area contributed by atoms with Gasteiger partial charge in [-0.2, -0.15) is 9.97 Å². The molecule has 11 heteroatoms. The van der Waals surface area contributed by atoms with E-state index in [9.17, 15) is 9.50 Å². The number of morpholine rings is 1. The predicted octanol–water partition coefficient (Wildman–Crippen LogP) is 5.66. The van der Waals surface area contributed by atoms with Crippen molar-refractivity contribution in [3.05, 3.63) is 53.1 Å². The lowest BCUT2D eigenvalue weighted by atomic mass is 9.96. The van der Waals surface area contributed by atoms with Crippen LogP contribution in [-0.2, 0) is 4.74 Å². The number of hydrogen-bond acceptors (Lipinski definition) is 8. The van der Waals surface area contributed by atoms with Crippen LogP contribution in [0.4, 0.5) is 14.6 Å². The molecule has 230 valence electrons. The van der Waals surface area contributed by atoms with E-state index in [1.54, 1.807) is 12.1 Å². The fourth-order valence-electron chi connectivity index (χ4n) is 7.69. The topological polar surface area (TPSA) is 83.0 Å². The number of piperazine rings is 1. The van der Waals surface area contributed by atoms with Crippen molar-refractivity contribution < 1.29 is 23.4 Å². The zero-order valence-electron chi connectivity index (χ0n) is 24.2. The van der Waals surface area contributed by atoms with E-state index in [0.29, 0.717) is 52.8 Å². The van der Waals surface area contributed by atoms with Crippen LogP contribution in [0.2, 0.25) is 5.02 Å². The minimum absolute atomic E-state index is 0.0458. The Labute approximate surface area is 258 Å². The van der Waals surface area contributed by atoms with Crippen LogP contribution in [0.15, 0.2) is 36.4 Å². The average molecular weight is 622 g/mol. The fourth-order valence-corrected chi connectivity index (χ4v) is 7.99. The molecule has 8 rings (SSSR count). The van der Waals surface area contributed by atoms with Gasteiger partial charge in [-0.3, -0.25) is 4.90 Å². The molecular weight excluding hydrogens is 588 g/mol. The molecule has 3 aromatic carbocycles. The first kappa shape index (κ1) is 28.2. The van der Waals surface area contributed by atoms with Crippen molar-refractivity contribution in [2.45, 2.75) is 56.3 Å². The number of benzene rings is 3. The standard InChI is InChI=1S/C33H34ClF2N5O3/c34-28-13-27-31(30(36)29(28)26-12-24(42)10-18-2-3-19(35)11-25(18)26)38-33(39-32(27)40-14-20-4-5-21(15-40)37-20)44-9-1-8-41-22-6-7-23(41)17-43-16-22/h2-3,10-13,20-23,37,42H,1,4-9,14-17H2. The summed E-state index contributed by atoms with van der Waals surface area (Å²) < 4.78 is 42.9. The average Bonchev–Trinajstić information content (AvgIpc) is 3.45. The van der Waals surface area contributed by atoms with Crippen molar-refractivity contribution in [1.29, 1.82) is 0 Å². The number of rotatable bonds is 7. The van der Waals surface area contributed by atoms with E-state index >= 15 is 4.39 Å². The maximum atomic E-state index is 16.7. The highest BCUT2D eigenvalue weighted by atomic mass is 35.5. The summed E-state index contributed by atoms with van der Waals surface area (Å²) in [4.78, 5) is 14.1. The van der Waals surface area contributed by atoms with Crippen LogP contribution in [0.1, 0.15) is 32.1 Å². The quantitative estimate of drug-likeness (QED) is 0.256. The van der Waals surface area contributed by atoms with Crippen LogP contribution < -0.4 is 15.0 Å². The zero-order valence-corrected chi connectivity index (χ0v) is 25.0. The number of halogens is 3. The van der Waals surface area contributed by atoms with Gasteiger partial charge in [0.1, 0.15) is 22.9 Å². The molecule has 4 aliphatic heterocycles. The van der Waals surface area contributed by atoms with Gasteiger partial charge in [0.2, 0.25) is 0 Å². The van der Waals surface area contributed by atoms with Crippen LogP contribution in [0, 0.1) is 11.6 Å². The molecule has 0 amide bonds. The van der Waals surface area contributed by atoms with Gasteiger partial charge in [-0.05, 0) is 78.8 Å². The second-order valence-corrected chi connectivity index (χ2v) is 12.9. The van der Waals surface area contributed by atoms with Gasteiger partial charge in [-0.25, -0.2) is 8.78 Å². The number of phenolic OH excluding ortho intramolecular Hbond substituents is 1. The zero-order chi connectivity index (χ0) is 29.9. The molecule has 44 heavy (non-hydrogen) atoms. The van der Waals surface area contributed by atoms with Crippen molar-refractivity contribution in [3.63, 3.8) is 0 Å². The predicted molar refractivity (Wildman–Crippen MR) is 166 cm³/mol. The van der Waals surface area contributed by atoms with Crippen LogP contribution in [0.3, 0.4) is 0 Å². The van der Waals surface area contributed by atoms with Crippen LogP contribution in [-0.4, -0.2) is 83.6 Å². The Balaban J connectivity index is 1.18. The number of nitrogens with zero attached hydrogens (tertiary/aromatic N) is 4. The number of aromatic nitrogens is 2. The van der Waals surface area contributed by atoms with Crippen molar-refractivity contribution in [1.82, 2.24) is 20.2 Å². The van der Waals surface area contributed by atoms with E-state index < -0.39 is 11.6 Å². The SMILES string of the molecule is Oc1cc(-c2c(Cl)cc3c(N4CC5CCC(C4)N5)nc(OCCCN4C5CCC4COC5)nc3c2F)c2cc(F)ccc2c1. The van der Waals surface area contributed by atoms with E-state index in [-0.39, 0.29) is 33.4 Å². The molecule has 8 nitrogen and oxygen atoms in total. The molecule has 4 bridgehead atoms. The Morgan fingerprint density at radius 2 is 1.75 bits per heavy atom. The summed E-state index contributed by atoms with van der Waals surface area (Å²) in [5.74, 6) is -0.624. The summed E-state index contributed by atoms with van der Waals surface area (Å²) in [6, 6.07) is 10.5. The number of anilines is 1. The Bertz CT molecular complexity index is 1730. The van der Waals surface area contributed by atoms with Gasteiger partial charge in [0.25, 0.3) is 0 Å². The summed E-state index contributed by atoms with van der Waals surface area (Å²) in [7, 11) is 0. The van der Waals surface area contributed by atoms with E-state index in [4.69, 9.17) is 26.1 Å². The molecule has 0 spiro atoms. The summed E-state index contributed by atoms with van der Waals surface area (Å²) in [6.07, 6.45) is 5.28. The van der Waals surface area contributed by atoms with Gasteiger partial charge in [0.15, 0.2) is 5.82 Å². The van der Waals surface area contributed by atoms with Crippen molar-refractivity contribution in [2.75, 3.05) is 44.4 Å². The van der Waals surface area contributed by atoms with E-state index in [0.717, 1.165) is 52.1 Å². The van der Waals surface area contributed by atoms with Gasteiger partial charge in [-0.15, -0.1) is 0 Å². The Morgan fingerprint density at radius 1 is 0.977 bits per heavy atom. The second kappa shape index (κ2) is 11.2. The molecular formula is C33H34ClF2N5O3. The smallest absolute Gasteiger partial charge is 0.319 e. The third-order valence-corrected chi connectivity index (χ3v) is 10.0. The monoisotopic (exact) mass is 621 g/mol. The highest BCUT2D eigenvalue weighted by Gasteiger charge is 2.37. The maximum Gasteiger partial charge on any atom is 0.319 e. The first-order valence-electron chi connectivity index (χ1n) is 15.5. The largest absolute Gasteiger partial charge is 0.508 e. The minimum atomic E-state index is -0.667. The summed E-state index contributed by atoms with van der Waals surface area (Å²) >= 11 is 6.81. The lowest BCUT2D eigenvalue weighted by Gasteiger charge is -2.34. The number of nitrogens with one attached hydrogen (secondary N) is 1. The lowest BCUT2D eigenvalue weighted by Crippen LogP contribution is -2.51. The highest BCUT2D eigenvalue weighted by molar-refractivity contribution is 6.35. The number of phenols is 1. The normalized spacial score (nSPS) is 24.9. The first-order chi connectivity index (χ1) is 21.4. The molecule has 0 saturated carbocycles. The van der Waals surface area contributed by atoms with Gasteiger partial charge in [0.05, 0.1) is 24.8 Å². The minimum Gasteiger partial charge on any atom is -0.508 e. The Morgan fingerprint density at radius 3 is 2.52 bits per heavy atom. The van der Waals surface area contributed by atoms with E-state index in [1.807, 2.05) is 0 Å². The fraction of sp³-hybridized carbons (Fsp3) is 0.455. The summed E-state index contributed by atoms with van der Waals surface area (Å²) in [5.41, 5.74) is 0.408. The van der Waals surface area contributed by atoms with Gasteiger partial charge in [0, 0.05) is 54.8 Å². The van der Waals surface area contributed by atoms with E-state index in [1.165, 1.54) is 37.1 Å². The highest BCUT2D eigenvalue weighted by Crippen LogP contribution is 2.43. The van der Waals surface area contributed by atoms with Gasteiger partial charge in [-0.1, -0.05) is 17.7 Å². The number of ether oxygens (including phenoxy) is 2. The molecule has 4 unspecified atom stereocenters. The molecule has 4 aliphatic rings. The molecule has 4 saturated heterocycles. The third-order valence-electron chi connectivity index (χ3n) is 9.71.